The molecule has 0 saturated heterocycles. The van der Waals surface area contributed by atoms with Crippen molar-refractivity contribution in [3.63, 3.8) is 0 Å². The van der Waals surface area contributed by atoms with Gasteiger partial charge in [0.05, 0.1) is 17.4 Å². The highest BCUT2D eigenvalue weighted by atomic mass is 16.1. The number of fused-ring (bicyclic) bond motifs is 1. The third kappa shape index (κ3) is 4.25. The number of carbonyl (C=O) groups is 1. The molecule has 1 aliphatic heterocycles. The Balaban J connectivity index is 1.34. The van der Waals surface area contributed by atoms with E-state index in [4.69, 9.17) is 0 Å². The van der Waals surface area contributed by atoms with Crippen LogP contribution < -0.4 is 5.32 Å². The summed E-state index contributed by atoms with van der Waals surface area (Å²) in [6.45, 7) is 3.38. The third-order valence-electron chi connectivity index (χ3n) is 5.04. The molecule has 132 valence electrons. The summed E-state index contributed by atoms with van der Waals surface area (Å²) in [5.41, 5.74) is 2.32. The maximum Gasteiger partial charge on any atom is 0.220 e. The fourth-order valence-electron chi connectivity index (χ4n) is 3.55. The summed E-state index contributed by atoms with van der Waals surface area (Å²) in [6, 6.07) is 8.43. The molecule has 0 aromatic carbocycles. The van der Waals surface area contributed by atoms with Crippen LogP contribution >= 0.6 is 0 Å². The maximum absolute atomic E-state index is 11.9. The van der Waals surface area contributed by atoms with Gasteiger partial charge in [-0.15, -0.1) is 0 Å². The first-order valence-corrected chi connectivity index (χ1v) is 9.19. The lowest BCUT2D eigenvalue weighted by molar-refractivity contribution is -0.121. The average molecular weight is 339 g/mol. The van der Waals surface area contributed by atoms with Crippen LogP contribution in [0.3, 0.4) is 0 Å². The monoisotopic (exact) mass is 339 g/mol. The van der Waals surface area contributed by atoms with Gasteiger partial charge in [-0.2, -0.15) is 5.10 Å². The number of amides is 1. The van der Waals surface area contributed by atoms with E-state index in [2.05, 4.69) is 37.1 Å². The highest BCUT2D eigenvalue weighted by Gasteiger charge is 2.27. The molecule has 1 N–H and O–H groups in total. The summed E-state index contributed by atoms with van der Waals surface area (Å²) in [4.78, 5) is 18.7. The molecule has 3 heterocycles. The zero-order valence-electron chi connectivity index (χ0n) is 14.5. The summed E-state index contributed by atoms with van der Waals surface area (Å²) in [6.07, 6.45) is 7.76. The molecule has 1 fully saturated rings. The second kappa shape index (κ2) is 7.35. The Morgan fingerprint density at radius 1 is 1.24 bits per heavy atom. The van der Waals surface area contributed by atoms with Crippen LogP contribution in [-0.4, -0.2) is 38.7 Å². The second-order valence-electron chi connectivity index (χ2n) is 7.20. The van der Waals surface area contributed by atoms with Crippen LogP contribution in [0.5, 0.6) is 0 Å². The summed E-state index contributed by atoms with van der Waals surface area (Å²) in [7, 11) is 0. The molecule has 0 unspecified atom stereocenters. The predicted octanol–water partition coefficient (Wildman–Crippen LogP) is 2.14. The molecule has 1 amide bonds. The first-order valence-electron chi connectivity index (χ1n) is 9.19. The number of nitrogens with one attached hydrogen (secondary N) is 1. The molecule has 0 spiro atoms. The highest BCUT2D eigenvalue weighted by molar-refractivity contribution is 5.76. The number of nitrogens with zero attached hydrogens (tertiary/aromatic N) is 4. The quantitative estimate of drug-likeness (QED) is 0.839. The average Bonchev–Trinajstić information content (AvgIpc) is 3.29. The van der Waals surface area contributed by atoms with E-state index in [1.807, 2.05) is 24.5 Å². The van der Waals surface area contributed by atoms with Gasteiger partial charge in [0, 0.05) is 45.0 Å². The van der Waals surface area contributed by atoms with E-state index < -0.39 is 0 Å². The van der Waals surface area contributed by atoms with E-state index in [0.717, 1.165) is 31.7 Å². The smallest absolute Gasteiger partial charge is 0.220 e. The van der Waals surface area contributed by atoms with Crippen LogP contribution in [0.15, 0.2) is 36.7 Å². The first kappa shape index (κ1) is 16.3. The lowest BCUT2D eigenvalue weighted by Gasteiger charge is -2.33. The Hall–Kier alpha value is -2.21. The zero-order valence-corrected chi connectivity index (χ0v) is 14.5. The minimum absolute atomic E-state index is 0.198. The van der Waals surface area contributed by atoms with E-state index in [1.54, 1.807) is 0 Å². The highest BCUT2D eigenvalue weighted by Crippen LogP contribution is 2.32. The molecular formula is C19H25N5O. The topological polar surface area (TPSA) is 63.1 Å². The van der Waals surface area contributed by atoms with Crippen molar-refractivity contribution < 1.29 is 4.79 Å². The first-order chi connectivity index (χ1) is 12.3. The van der Waals surface area contributed by atoms with Crippen molar-refractivity contribution in [2.75, 3.05) is 13.1 Å². The molecule has 1 saturated carbocycles. The fraction of sp³-hybridized carbons (Fsp3) is 0.526. The van der Waals surface area contributed by atoms with E-state index in [9.17, 15) is 4.79 Å². The predicted molar refractivity (Wildman–Crippen MR) is 94.6 cm³/mol. The number of rotatable bonds is 7. The van der Waals surface area contributed by atoms with Crippen LogP contribution in [0.4, 0.5) is 0 Å². The van der Waals surface area contributed by atoms with Gasteiger partial charge in [0.2, 0.25) is 5.91 Å². The fourth-order valence-corrected chi connectivity index (χ4v) is 3.55. The normalized spacial score (nSPS) is 20.2. The van der Waals surface area contributed by atoms with Crippen molar-refractivity contribution >= 4 is 5.91 Å². The van der Waals surface area contributed by atoms with Crippen LogP contribution in [0, 0.1) is 5.92 Å². The number of pyridine rings is 1. The van der Waals surface area contributed by atoms with Crippen molar-refractivity contribution in [3.8, 4) is 0 Å². The number of carbonyl (C=O) groups excluding carboxylic acids is 1. The zero-order chi connectivity index (χ0) is 17.1. The SMILES string of the molecule is O=C(CC1CC1)NCC[C@H]1CN(Cc2ccccn2)Cc2ccnn21. The summed E-state index contributed by atoms with van der Waals surface area (Å²) in [5.74, 6) is 0.839. The molecule has 2 aromatic rings. The van der Waals surface area contributed by atoms with Gasteiger partial charge < -0.3 is 5.32 Å². The van der Waals surface area contributed by atoms with Gasteiger partial charge in [0.15, 0.2) is 0 Å². The standard InChI is InChI=1S/C19H25N5O/c25-19(11-15-4-5-15)21-9-6-17-13-23(12-16-3-1-2-8-20-16)14-18-7-10-22-24(17)18/h1-3,7-8,10,15,17H,4-6,9,11-14H2,(H,21,25)/t17-/m0/s1. The molecule has 0 radical (unpaired) electrons. The minimum atomic E-state index is 0.198. The second-order valence-corrected chi connectivity index (χ2v) is 7.20. The Labute approximate surface area is 148 Å². The molecule has 0 bridgehead atoms. The summed E-state index contributed by atoms with van der Waals surface area (Å²) < 4.78 is 2.13. The molecule has 1 aliphatic carbocycles. The van der Waals surface area contributed by atoms with E-state index in [-0.39, 0.29) is 5.91 Å². The van der Waals surface area contributed by atoms with Gasteiger partial charge in [-0.25, -0.2) is 0 Å². The van der Waals surface area contributed by atoms with Gasteiger partial charge in [0.1, 0.15) is 0 Å². The van der Waals surface area contributed by atoms with Crippen molar-refractivity contribution in [3.05, 3.63) is 48.0 Å². The Bertz CT molecular complexity index is 710. The lowest BCUT2D eigenvalue weighted by Crippen LogP contribution is -2.39. The van der Waals surface area contributed by atoms with Crippen molar-refractivity contribution in [1.29, 1.82) is 0 Å². The molecule has 2 aliphatic rings. The number of aromatic nitrogens is 3. The largest absolute Gasteiger partial charge is 0.356 e. The van der Waals surface area contributed by atoms with E-state index >= 15 is 0 Å². The molecule has 1 atom stereocenters. The van der Waals surface area contributed by atoms with Gasteiger partial charge in [-0.3, -0.25) is 19.4 Å². The van der Waals surface area contributed by atoms with Crippen LogP contribution in [0.25, 0.3) is 0 Å². The lowest BCUT2D eigenvalue weighted by atomic mass is 10.1. The molecule has 6 heteroatoms. The maximum atomic E-state index is 11.9. The molecule has 4 rings (SSSR count). The van der Waals surface area contributed by atoms with Crippen LogP contribution in [0.1, 0.15) is 43.1 Å². The van der Waals surface area contributed by atoms with E-state index in [0.29, 0.717) is 24.9 Å². The number of hydrogen-bond donors (Lipinski definition) is 1. The van der Waals surface area contributed by atoms with Gasteiger partial charge in [-0.05, 0) is 43.4 Å². The molecular weight excluding hydrogens is 314 g/mol. The molecule has 6 nitrogen and oxygen atoms in total. The third-order valence-corrected chi connectivity index (χ3v) is 5.04. The Morgan fingerprint density at radius 2 is 2.16 bits per heavy atom. The number of hydrogen-bond acceptors (Lipinski definition) is 4. The van der Waals surface area contributed by atoms with Crippen molar-refractivity contribution in [2.45, 2.75) is 44.8 Å². The molecule has 25 heavy (non-hydrogen) atoms. The molecule has 2 aromatic heterocycles. The minimum Gasteiger partial charge on any atom is -0.356 e. The van der Waals surface area contributed by atoms with Gasteiger partial charge >= 0.3 is 0 Å². The van der Waals surface area contributed by atoms with Crippen molar-refractivity contribution in [1.82, 2.24) is 25.0 Å². The van der Waals surface area contributed by atoms with Crippen LogP contribution in [-0.2, 0) is 17.9 Å². The summed E-state index contributed by atoms with van der Waals surface area (Å²) >= 11 is 0. The van der Waals surface area contributed by atoms with Crippen molar-refractivity contribution in [2.24, 2.45) is 5.92 Å². The van der Waals surface area contributed by atoms with Crippen LogP contribution in [0.2, 0.25) is 0 Å². The Morgan fingerprint density at radius 3 is 2.96 bits per heavy atom. The van der Waals surface area contributed by atoms with Gasteiger partial charge in [-0.1, -0.05) is 6.07 Å². The van der Waals surface area contributed by atoms with E-state index in [1.165, 1.54) is 18.5 Å². The Kier molecular flexibility index (Phi) is 4.78. The van der Waals surface area contributed by atoms with Gasteiger partial charge in [0.25, 0.3) is 0 Å². The summed E-state index contributed by atoms with van der Waals surface area (Å²) in [5, 5.41) is 7.58.